The molecule has 4 saturated heterocycles. The van der Waals surface area contributed by atoms with Crippen molar-refractivity contribution < 1.29 is 34.5 Å². The third kappa shape index (κ3) is 15.1. The molecule has 23 heteroatoms. The van der Waals surface area contributed by atoms with E-state index in [2.05, 4.69) is 87.2 Å². The molecule has 3 amide bonds. The monoisotopic (exact) mass is 1410 g/mol. The number of halogens is 4. The van der Waals surface area contributed by atoms with E-state index in [9.17, 15) is 29.4 Å². The van der Waals surface area contributed by atoms with Crippen molar-refractivity contribution in [3.05, 3.63) is 161 Å². The Morgan fingerprint density at radius 3 is 1.35 bits per heavy atom. The van der Waals surface area contributed by atoms with Gasteiger partial charge in [-0.05, 0) is 186 Å². The molecule has 0 aromatic heterocycles. The molecule has 12 rings (SSSR count). The highest BCUT2D eigenvalue weighted by Gasteiger charge is 2.57. The predicted molar refractivity (Wildman–Crippen MR) is 385 cm³/mol. The molecule has 8 heterocycles. The molecule has 4 aromatic rings. The topological polar surface area (TPSA) is 188 Å². The minimum absolute atomic E-state index is 0.00250. The van der Waals surface area contributed by atoms with Crippen LogP contribution in [-0.2, 0) is 30.3 Å². The number of aliphatic hydroxyl groups excluding tert-OH is 2. The molecule has 4 N–H and O–H groups in total. The van der Waals surface area contributed by atoms with Gasteiger partial charge in [-0.25, -0.2) is 14.8 Å². The summed E-state index contributed by atoms with van der Waals surface area (Å²) < 4.78 is 0. The van der Waals surface area contributed by atoms with Crippen LogP contribution >= 0.6 is 69.9 Å². The number of rotatable bonds is 16. The van der Waals surface area contributed by atoms with E-state index in [-0.39, 0.29) is 66.4 Å². The Balaban J connectivity index is 0.000000182. The maximum atomic E-state index is 14.7. The summed E-state index contributed by atoms with van der Waals surface area (Å²) in [5.74, 6) is -1.21. The van der Waals surface area contributed by atoms with Crippen LogP contribution in [0.5, 0.6) is 0 Å². The maximum absolute atomic E-state index is 14.7. The Morgan fingerprint density at radius 2 is 0.958 bits per heavy atom. The molecule has 0 spiro atoms. The zero-order chi connectivity index (χ0) is 68.4. The Labute approximate surface area is 589 Å². The Bertz CT molecular complexity index is 3560. The lowest BCUT2D eigenvalue weighted by molar-refractivity contribution is -0.147. The normalized spacial score (nSPS) is 27.6. The van der Waals surface area contributed by atoms with E-state index in [4.69, 9.17) is 61.5 Å². The number of likely N-dealkylation sites (tertiary alicyclic amines) is 2. The van der Waals surface area contributed by atoms with E-state index in [0.29, 0.717) is 74.9 Å². The van der Waals surface area contributed by atoms with Gasteiger partial charge in [0, 0.05) is 121 Å². The van der Waals surface area contributed by atoms with Gasteiger partial charge < -0.3 is 45.1 Å². The first-order valence-corrected chi connectivity index (χ1v) is 36.7. The number of nitrogens with one attached hydrogen (secondary N) is 1. The number of aliphatic imine (C=N–C) groups is 2. The standard InChI is InChI=1S/C36H45Cl2N5O3S.C28H29Cl2N3O3S.C8H18N2O/c1-22(2)30-31(34(46)42-23(3)7-16-29(42)33(45)41-19-18-40(17-6-20-44)24(4)21-41)47-35-39-36(5,26-10-14-28(38)15-11-26)32(43(30)35)25-8-12-27(37)13-9-25;1-15(2)22-23(25(34)32-16(3)5-14-21(32)26(35)36)37-27-31-28(4,18-8-12-20(30)13-9-18)24(33(22)27)17-6-10-19(29)11-7-17;1-8-7-9-3-5-10(8)4-2-6-11/h8-15,22-24,29,32,44H,6-7,16-21H2,1-5H3;6-13,15-16,21,24H,5,14H2,1-4H3,(H,35,36);8-9,11H,2-7H2,1H3/t23-,24-,29+,32-,36+;16-,21+,24-,28+;8-/m111/s1. The van der Waals surface area contributed by atoms with Crippen molar-refractivity contribution in [2.75, 3.05) is 65.6 Å². The summed E-state index contributed by atoms with van der Waals surface area (Å²) in [6.07, 6.45) is 4.21. The molecular formula is C72H92Cl4N10O7S2. The number of carboxylic acid groups (broad SMARTS) is 1. The lowest BCUT2D eigenvalue weighted by Crippen LogP contribution is -2.58. The number of carbonyl (C=O) groups excluding carboxylic acids is 3. The van der Waals surface area contributed by atoms with Crippen molar-refractivity contribution in [3.63, 3.8) is 0 Å². The second kappa shape index (κ2) is 30.9. The second-order valence-corrected chi connectivity index (χ2v) is 30.9. The first-order chi connectivity index (χ1) is 45.3. The molecule has 0 bridgehead atoms. The number of amidine groups is 2. The summed E-state index contributed by atoms with van der Waals surface area (Å²) >= 11 is 27.8. The Morgan fingerprint density at radius 1 is 0.558 bits per heavy atom. The summed E-state index contributed by atoms with van der Waals surface area (Å²) in [7, 11) is 0. The Hall–Kier alpha value is -5.16. The number of fused-ring (bicyclic) bond motifs is 2. The number of carboxylic acids is 1. The smallest absolute Gasteiger partial charge is 0.326 e. The van der Waals surface area contributed by atoms with E-state index in [1.165, 1.54) is 23.5 Å². The number of carbonyl (C=O) groups is 4. The van der Waals surface area contributed by atoms with Crippen molar-refractivity contribution in [1.82, 2.24) is 39.6 Å². The van der Waals surface area contributed by atoms with Crippen LogP contribution in [0.2, 0.25) is 20.1 Å². The lowest BCUT2D eigenvalue weighted by Gasteiger charge is -2.42. The first-order valence-electron chi connectivity index (χ1n) is 33.5. The van der Waals surface area contributed by atoms with Gasteiger partial charge in [-0.2, -0.15) is 0 Å². The number of hydrogen-bond acceptors (Lipinski definition) is 15. The molecule has 8 aliphatic rings. The quantitative estimate of drug-likeness (QED) is 0.0829. The van der Waals surface area contributed by atoms with Gasteiger partial charge in [-0.3, -0.25) is 24.2 Å². The number of nitrogens with zero attached hydrogens (tertiary/aromatic N) is 9. The highest BCUT2D eigenvalue weighted by Crippen LogP contribution is 2.59. The van der Waals surface area contributed by atoms with Gasteiger partial charge in [-0.15, -0.1) is 0 Å². The minimum Gasteiger partial charge on any atom is -0.480 e. The predicted octanol–water partition coefficient (Wildman–Crippen LogP) is 12.9. The van der Waals surface area contributed by atoms with Crippen molar-refractivity contribution in [1.29, 1.82) is 0 Å². The molecule has 0 saturated carbocycles. The van der Waals surface area contributed by atoms with Crippen LogP contribution in [0.4, 0.5) is 0 Å². The summed E-state index contributed by atoms with van der Waals surface area (Å²) in [6, 6.07) is 30.1. The largest absolute Gasteiger partial charge is 0.480 e. The number of allylic oxidation sites excluding steroid dienone is 2. The van der Waals surface area contributed by atoms with Crippen LogP contribution in [0.25, 0.3) is 0 Å². The fourth-order valence-electron chi connectivity index (χ4n) is 15.0. The molecule has 512 valence electrons. The van der Waals surface area contributed by atoms with Gasteiger partial charge in [0.25, 0.3) is 11.8 Å². The summed E-state index contributed by atoms with van der Waals surface area (Å²) in [5, 5.41) is 35.2. The molecule has 17 nitrogen and oxygen atoms in total. The highest BCUT2D eigenvalue weighted by atomic mass is 35.5. The SMILES string of the molecule is CC(C)C1=C(C(=O)N2[C@H](C)CC[C@H]2C(=O)N2CCN(CCCO)[C@H](C)C2)SC2=N[C@@](C)(c3ccc(Cl)cc3)[C@@H](c3ccc(Cl)cc3)N21.CC(C)C1=C(C(=O)N2[C@H](C)CC[C@H]2C(=O)O)SC2=N[C@@](C)(c3ccc(Cl)cc3)[C@@H](c3ccc(Cl)cc3)N21.C[C@@H]1CNCCN1CCCO. The third-order valence-electron chi connectivity index (χ3n) is 20.0. The number of piperazine rings is 2. The summed E-state index contributed by atoms with van der Waals surface area (Å²) in [6.45, 7) is 28.6. The van der Waals surface area contributed by atoms with Crippen molar-refractivity contribution in [3.8, 4) is 0 Å². The van der Waals surface area contributed by atoms with E-state index in [1.54, 1.807) is 4.90 Å². The molecule has 4 fully saturated rings. The third-order valence-corrected chi connectivity index (χ3v) is 23.2. The van der Waals surface area contributed by atoms with Crippen LogP contribution in [0.15, 0.2) is 128 Å². The molecule has 0 aliphatic carbocycles. The summed E-state index contributed by atoms with van der Waals surface area (Å²) in [5.41, 5.74) is 4.62. The Kier molecular flexibility index (Phi) is 23.6. The van der Waals surface area contributed by atoms with Gasteiger partial charge in [0.1, 0.15) is 33.0 Å². The number of amides is 3. The average molecular weight is 1420 g/mol. The molecule has 95 heavy (non-hydrogen) atoms. The van der Waals surface area contributed by atoms with Crippen LogP contribution in [0, 0.1) is 11.8 Å². The van der Waals surface area contributed by atoms with Gasteiger partial charge >= 0.3 is 5.97 Å². The average Bonchev–Trinajstić information content (AvgIpc) is 1.56. The first kappa shape index (κ1) is 72.6. The second-order valence-electron chi connectivity index (χ2n) is 27.2. The fourth-order valence-corrected chi connectivity index (χ4v) is 18.2. The fraction of sp³-hybridized carbons (Fsp3) is 0.528. The number of hydrogen-bond donors (Lipinski definition) is 4. The minimum atomic E-state index is -0.959. The van der Waals surface area contributed by atoms with Crippen LogP contribution < -0.4 is 5.32 Å². The molecule has 0 radical (unpaired) electrons. The number of aliphatic hydroxyl groups is 2. The molecule has 4 aromatic carbocycles. The van der Waals surface area contributed by atoms with Crippen LogP contribution in [-0.4, -0.2) is 185 Å². The van der Waals surface area contributed by atoms with Crippen molar-refractivity contribution in [2.45, 2.75) is 167 Å². The zero-order valence-corrected chi connectivity index (χ0v) is 60.8. The van der Waals surface area contributed by atoms with E-state index in [0.717, 1.165) is 103 Å². The van der Waals surface area contributed by atoms with Gasteiger partial charge in [0.05, 0.1) is 12.1 Å². The number of benzene rings is 4. The zero-order valence-electron chi connectivity index (χ0n) is 56.2. The highest BCUT2D eigenvalue weighted by molar-refractivity contribution is 8.18. The van der Waals surface area contributed by atoms with E-state index >= 15 is 0 Å². The van der Waals surface area contributed by atoms with Gasteiger partial charge in [-0.1, -0.05) is 123 Å². The van der Waals surface area contributed by atoms with Crippen LogP contribution in [0.3, 0.4) is 0 Å². The molecule has 10 atom stereocenters. The van der Waals surface area contributed by atoms with Gasteiger partial charge in [0.2, 0.25) is 5.91 Å². The van der Waals surface area contributed by atoms with Gasteiger partial charge in [0.15, 0.2) is 10.3 Å². The van der Waals surface area contributed by atoms with Crippen molar-refractivity contribution >= 4 is 104 Å². The van der Waals surface area contributed by atoms with Crippen LogP contribution in [0.1, 0.15) is 142 Å². The molecule has 8 aliphatic heterocycles. The summed E-state index contributed by atoms with van der Waals surface area (Å²) in [4.78, 5) is 81.0. The van der Waals surface area contributed by atoms with Crippen molar-refractivity contribution in [2.24, 2.45) is 21.8 Å². The number of thioether (sulfide) groups is 2. The molecular weight excluding hydrogens is 1320 g/mol. The van der Waals surface area contributed by atoms with E-state index < -0.39 is 29.1 Å². The molecule has 0 unspecified atom stereocenters. The number of aliphatic carboxylic acids is 1. The lowest BCUT2D eigenvalue weighted by atomic mass is 9.81. The van der Waals surface area contributed by atoms with E-state index in [1.807, 2.05) is 114 Å². The maximum Gasteiger partial charge on any atom is 0.326 e.